The summed E-state index contributed by atoms with van der Waals surface area (Å²) < 4.78 is 0. The third-order valence-electron chi connectivity index (χ3n) is 3.38. The van der Waals surface area contributed by atoms with Crippen LogP contribution in [0.4, 0.5) is 11.4 Å². The molecule has 4 heteroatoms. The molecule has 0 spiro atoms. The zero-order valence-electron chi connectivity index (χ0n) is 11.1. The van der Waals surface area contributed by atoms with Gasteiger partial charge in [0, 0.05) is 35.5 Å². The van der Waals surface area contributed by atoms with Gasteiger partial charge in [-0.3, -0.25) is 4.79 Å². The van der Waals surface area contributed by atoms with Gasteiger partial charge in [-0.15, -0.1) is 0 Å². The highest BCUT2D eigenvalue weighted by molar-refractivity contribution is 6.14. The number of anilines is 2. The third kappa shape index (κ3) is 2.01. The Morgan fingerprint density at radius 1 is 1.15 bits per heavy atom. The van der Waals surface area contributed by atoms with Crippen LogP contribution in [0.1, 0.15) is 10.4 Å². The maximum absolute atomic E-state index is 12.6. The van der Waals surface area contributed by atoms with E-state index in [0.29, 0.717) is 11.3 Å². The van der Waals surface area contributed by atoms with Gasteiger partial charge in [0.1, 0.15) is 0 Å². The van der Waals surface area contributed by atoms with Gasteiger partial charge in [0.2, 0.25) is 0 Å². The van der Waals surface area contributed by atoms with Crippen molar-refractivity contribution in [2.24, 2.45) is 0 Å². The second kappa shape index (κ2) is 4.74. The standard InChI is InChI=1S/C16H15N3O/c1-19(12-5-3-2-4-6-12)16(20)14-10-18-15-8-7-11(17)9-13(14)15/h2-10,18H,17H2,1H3. The minimum absolute atomic E-state index is 0.0620. The highest BCUT2D eigenvalue weighted by Gasteiger charge is 2.17. The number of benzene rings is 2. The topological polar surface area (TPSA) is 62.1 Å². The number of rotatable bonds is 2. The largest absolute Gasteiger partial charge is 0.399 e. The number of nitrogen functional groups attached to an aromatic ring is 1. The van der Waals surface area contributed by atoms with Crippen molar-refractivity contribution in [2.75, 3.05) is 17.7 Å². The molecule has 1 amide bonds. The van der Waals surface area contributed by atoms with Crippen LogP contribution in [-0.4, -0.2) is 17.9 Å². The SMILES string of the molecule is CN(C(=O)c1c[nH]c2ccc(N)cc12)c1ccccc1. The van der Waals surface area contributed by atoms with Gasteiger partial charge in [0.15, 0.2) is 0 Å². The number of para-hydroxylation sites is 1. The fourth-order valence-electron chi connectivity index (χ4n) is 2.26. The van der Waals surface area contributed by atoms with Crippen LogP contribution in [0.5, 0.6) is 0 Å². The molecule has 0 unspecified atom stereocenters. The average molecular weight is 265 g/mol. The number of H-pyrrole nitrogens is 1. The molecule has 0 aliphatic carbocycles. The first-order valence-corrected chi connectivity index (χ1v) is 6.36. The molecule has 0 saturated carbocycles. The Morgan fingerprint density at radius 2 is 1.90 bits per heavy atom. The van der Waals surface area contributed by atoms with E-state index in [1.54, 1.807) is 18.1 Å². The van der Waals surface area contributed by atoms with E-state index in [1.165, 1.54) is 0 Å². The molecule has 2 aromatic carbocycles. The Balaban J connectivity index is 2.03. The molecule has 4 nitrogen and oxygen atoms in total. The fourth-order valence-corrected chi connectivity index (χ4v) is 2.26. The monoisotopic (exact) mass is 265 g/mol. The van der Waals surface area contributed by atoms with Crippen LogP contribution in [0.2, 0.25) is 0 Å². The molecule has 3 N–H and O–H groups in total. The fraction of sp³-hybridized carbons (Fsp3) is 0.0625. The van der Waals surface area contributed by atoms with E-state index in [-0.39, 0.29) is 5.91 Å². The van der Waals surface area contributed by atoms with Crippen molar-refractivity contribution in [1.29, 1.82) is 0 Å². The number of carbonyl (C=O) groups is 1. The number of fused-ring (bicyclic) bond motifs is 1. The highest BCUT2D eigenvalue weighted by Crippen LogP contribution is 2.23. The van der Waals surface area contributed by atoms with Gasteiger partial charge in [0.05, 0.1) is 5.56 Å². The van der Waals surface area contributed by atoms with Crippen LogP contribution >= 0.6 is 0 Å². The summed E-state index contributed by atoms with van der Waals surface area (Å²) >= 11 is 0. The van der Waals surface area contributed by atoms with Gasteiger partial charge in [-0.1, -0.05) is 18.2 Å². The molecule has 100 valence electrons. The number of nitrogens with two attached hydrogens (primary N) is 1. The number of hydrogen-bond acceptors (Lipinski definition) is 2. The molecule has 0 atom stereocenters. The molecule has 0 bridgehead atoms. The molecule has 0 aliphatic heterocycles. The van der Waals surface area contributed by atoms with Crippen molar-refractivity contribution in [3.63, 3.8) is 0 Å². The molecule has 0 saturated heterocycles. The maximum Gasteiger partial charge on any atom is 0.260 e. The summed E-state index contributed by atoms with van der Waals surface area (Å²) in [6.45, 7) is 0. The summed E-state index contributed by atoms with van der Waals surface area (Å²) in [4.78, 5) is 17.3. The molecule has 0 fully saturated rings. The Labute approximate surface area is 116 Å². The van der Waals surface area contributed by atoms with Crippen molar-refractivity contribution >= 4 is 28.2 Å². The van der Waals surface area contributed by atoms with Crippen LogP contribution in [0, 0.1) is 0 Å². The van der Waals surface area contributed by atoms with Crippen LogP contribution in [-0.2, 0) is 0 Å². The van der Waals surface area contributed by atoms with Crippen LogP contribution in [0.3, 0.4) is 0 Å². The maximum atomic E-state index is 12.6. The molecule has 0 aliphatic rings. The normalized spacial score (nSPS) is 10.7. The highest BCUT2D eigenvalue weighted by atomic mass is 16.2. The first kappa shape index (κ1) is 12.3. The van der Waals surface area contributed by atoms with Crippen LogP contribution < -0.4 is 10.6 Å². The summed E-state index contributed by atoms with van der Waals surface area (Å²) in [6.07, 6.45) is 1.73. The lowest BCUT2D eigenvalue weighted by Crippen LogP contribution is -2.25. The van der Waals surface area contributed by atoms with Crippen LogP contribution in [0.25, 0.3) is 10.9 Å². The summed E-state index contributed by atoms with van der Waals surface area (Å²) in [5.41, 5.74) is 8.83. The smallest absolute Gasteiger partial charge is 0.260 e. The van der Waals surface area contributed by atoms with Gasteiger partial charge in [0.25, 0.3) is 5.91 Å². The van der Waals surface area contributed by atoms with E-state index in [0.717, 1.165) is 16.6 Å². The summed E-state index contributed by atoms with van der Waals surface area (Å²) in [6, 6.07) is 15.1. The average Bonchev–Trinajstić information content (AvgIpc) is 2.89. The first-order valence-electron chi connectivity index (χ1n) is 6.36. The summed E-state index contributed by atoms with van der Waals surface area (Å²) in [7, 11) is 1.77. The number of aromatic nitrogens is 1. The molecule has 20 heavy (non-hydrogen) atoms. The number of aromatic amines is 1. The van der Waals surface area contributed by atoms with E-state index in [9.17, 15) is 4.79 Å². The first-order chi connectivity index (χ1) is 9.66. The predicted octanol–water partition coefficient (Wildman–Crippen LogP) is 3.03. The molecule has 3 rings (SSSR count). The second-order valence-corrected chi connectivity index (χ2v) is 4.71. The van der Waals surface area contributed by atoms with Gasteiger partial charge >= 0.3 is 0 Å². The minimum atomic E-state index is -0.0620. The van der Waals surface area contributed by atoms with Gasteiger partial charge in [-0.05, 0) is 30.3 Å². The van der Waals surface area contributed by atoms with E-state index in [2.05, 4.69) is 4.98 Å². The number of nitrogens with zero attached hydrogens (tertiary/aromatic N) is 1. The van der Waals surface area contributed by atoms with E-state index < -0.39 is 0 Å². The molecular weight excluding hydrogens is 250 g/mol. The number of nitrogens with one attached hydrogen (secondary N) is 1. The minimum Gasteiger partial charge on any atom is -0.399 e. The Bertz CT molecular complexity index is 762. The molecule has 3 aromatic rings. The van der Waals surface area contributed by atoms with Crippen LogP contribution in [0.15, 0.2) is 54.7 Å². The lowest BCUT2D eigenvalue weighted by Gasteiger charge is -2.16. The summed E-state index contributed by atoms with van der Waals surface area (Å²) in [5, 5.41) is 0.845. The zero-order valence-corrected chi connectivity index (χ0v) is 11.1. The van der Waals surface area contributed by atoms with Crippen molar-refractivity contribution in [2.45, 2.75) is 0 Å². The quantitative estimate of drug-likeness (QED) is 0.700. The molecule has 0 radical (unpaired) electrons. The van der Waals surface area contributed by atoms with Crippen molar-refractivity contribution in [1.82, 2.24) is 4.98 Å². The van der Waals surface area contributed by atoms with Gasteiger partial charge in [-0.25, -0.2) is 0 Å². The third-order valence-corrected chi connectivity index (χ3v) is 3.38. The predicted molar refractivity (Wildman–Crippen MR) is 81.9 cm³/mol. The van der Waals surface area contributed by atoms with E-state index in [1.807, 2.05) is 48.5 Å². The molecule has 1 heterocycles. The number of amides is 1. The lowest BCUT2D eigenvalue weighted by molar-refractivity contribution is 0.0994. The van der Waals surface area contributed by atoms with Crippen molar-refractivity contribution in [3.8, 4) is 0 Å². The molecule has 1 aromatic heterocycles. The van der Waals surface area contributed by atoms with Crippen molar-refractivity contribution in [3.05, 3.63) is 60.3 Å². The Morgan fingerprint density at radius 3 is 2.65 bits per heavy atom. The number of hydrogen-bond donors (Lipinski definition) is 2. The Kier molecular flexibility index (Phi) is 2.91. The van der Waals surface area contributed by atoms with Crippen molar-refractivity contribution < 1.29 is 4.79 Å². The summed E-state index contributed by atoms with van der Waals surface area (Å²) in [5.74, 6) is -0.0620. The van der Waals surface area contributed by atoms with E-state index in [4.69, 9.17) is 5.73 Å². The van der Waals surface area contributed by atoms with Gasteiger partial charge in [-0.2, -0.15) is 0 Å². The van der Waals surface area contributed by atoms with E-state index >= 15 is 0 Å². The zero-order chi connectivity index (χ0) is 14.1. The Hall–Kier alpha value is -2.75. The van der Waals surface area contributed by atoms with Gasteiger partial charge < -0.3 is 15.6 Å². The molecular formula is C16H15N3O. The number of carbonyl (C=O) groups excluding carboxylic acids is 1. The second-order valence-electron chi connectivity index (χ2n) is 4.71. The lowest BCUT2D eigenvalue weighted by atomic mass is 10.1.